The van der Waals surface area contributed by atoms with Crippen LogP contribution in [0.15, 0.2) is 12.1 Å². The number of ether oxygens (including phenoxy) is 2. The Balaban J connectivity index is 2.85. The molecule has 0 unspecified atom stereocenters. The molecule has 1 heterocycles. The van der Waals surface area contributed by atoms with E-state index in [1.54, 1.807) is 20.8 Å². The van der Waals surface area contributed by atoms with Gasteiger partial charge in [-0.3, -0.25) is 0 Å². The fourth-order valence-electron chi connectivity index (χ4n) is 1.36. The SMILES string of the molecule is CC(C)(C)OCCOc1nc(C(F)(F)F)ccc1C(=O)O. The second kappa shape index (κ2) is 6.30. The molecular weight excluding hydrogens is 291 g/mol. The van der Waals surface area contributed by atoms with Crippen molar-refractivity contribution in [2.45, 2.75) is 32.5 Å². The lowest BCUT2D eigenvalue weighted by atomic mass is 10.2. The van der Waals surface area contributed by atoms with E-state index in [1.165, 1.54) is 0 Å². The lowest BCUT2D eigenvalue weighted by Crippen LogP contribution is -2.23. The summed E-state index contributed by atoms with van der Waals surface area (Å²) >= 11 is 0. The maximum absolute atomic E-state index is 12.6. The molecule has 0 bridgehead atoms. The number of hydrogen-bond acceptors (Lipinski definition) is 4. The third kappa shape index (κ3) is 5.58. The summed E-state index contributed by atoms with van der Waals surface area (Å²) in [6.45, 7) is 5.40. The molecule has 0 aromatic carbocycles. The van der Waals surface area contributed by atoms with Gasteiger partial charge in [0, 0.05) is 0 Å². The molecule has 1 rings (SSSR count). The monoisotopic (exact) mass is 307 g/mol. The van der Waals surface area contributed by atoms with E-state index in [0.29, 0.717) is 6.07 Å². The number of rotatable bonds is 5. The molecule has 0 spiro atoms. The average Bonchev–Trinajstić information content (AvgIpc) is 2.32. The molecule has 0 saturated heterocycles. The molecule has 0 amide bonds. The summed E-state index contributed by atoms with van der Waals surface area (Å²) in [6.07, 6.45) is -4.67. The number of alkyl halides is 3. The van der Waals surface area contributed by atoms with Crippen LogP contribution in [0, 0.1) is 0 Å². The zero-order chi connectivity index (χ0) is 16.3. The van der Waals surface area contributed by atoms with E-state index in [9.17, 15) is 18.0 Å². The van der Waals surface area contributed by atoms with Crippen molar-refractivity contribution in [1.82, 2.24) is 4.98 Å². The molecule has 0 saturated carbocycles. The third-order valence-corrected chi connectivity index (χ3v) is 2.24. The zero-order valence-corrected chi connectivity index (χ0v) is 11.8. The van der Waals surface area contributed by atoms with Crippen molar-refractivity contribution >= 4 is 5.97 Å². The summed E-state index contributed by atoms with van der Waals surface area (Å²) in [5, 5.41) is 8.91. The molecule has 5 nitrogen and oxygen atoms in total. The van der Waals surface area contributed by atoms with Crippen LogP contribution >= 0.6 is 0 Å². The summed E-state index contributed by atoms with van der Waals surface area (Å²) < 4.78 is 48.0. The minimum Gasteiger partial charge on any atom is -0.477 e. The lowest BCUT2D eigenvalue weighted by Gasteiger charge is -2.19. The van der Waals surface area contributed by atoms with Gasteiger partial charge in [-0.1, -0.05) is 0 Å². The summed E-state index contributed by atoms with van der Waals surface area (Å²) in [6, 6.07) is 1.42. The first kappa shape index (κ1) is 17.2. The van der Waals surface area contributed by atoms with Crippen molar-refractivity contribution in [1.29, 1.82) is 0 Å². The Bertz CT molecular complexity index is 509. The van der Waals surface area contributed by atoms with Crippen LogP contribution in [0.1, 0.15) is 36.8 Å². The van der Waals surface area contributed by atoms with Gasteiger partial charge in [0.1, 0.15) is 17.9 Å². The molecule has 0 radical (unpaired) electrons. The smallest absolute Gasteiger partial charge is 0.433 e. The van der Waals surface area contributed by atoms with Crippen molar-refractivity contribution in [3.8, 4) is 5.88 Å². The molecule has 1 N–H and O–H groups in total. The Morgan fingerprint density at radius 3 is 2.33 bits per heavy atom. The van der Waals surface area contributed by atoms with Gasteiger partial charge in [0.2, 0.25) is 5.88 Å². The largest absolute Gasteiger partial charge is 0.477 e. The summed E-state index contributed by atoms with van der Waals surface area (Å²) in [4.78, 5) is 14.2. The average molecular weight is 307 g/mol. The molecule has 0 fully saturated rings. The van der Waals surface area contributed by atoms with Crippen LogP contribution < -0.4 is 4.74 Å². The molecule has 1 aromatic rings. The number of nitrogens with zero attached hydrogens (tertiary/aromatic N) is 1. The first-order valence-electron chi connectivity index (χ1n) is 6.09. The van der Waals surface area contributed by atoms with Gasteiger partial charge in [0.05, 0.1) is 12.2 Å². The van der Waals surface area contributed by atoms with Crippen LogP contribution in [0.4, 0.5) is 13.2 Å². The van der Waals surface area contributed by atoms with Crippen LogP contribution in [0.5, 0.6) is 5.88 Å². The molecule has 0 aliphatic heterocycles. The number of halogens is 3. The first-order chi connectivity index (χ1) is 9.50. The molecule has 0 atom stereocenters. The molecule has 0 aliphatic carbocycles. The van der Waals surface area contributed by atoms with E-state index in [4.69, 9.17) is 14.6 Å². The molecule has 0 aliphatic rings. The molecular formula is C13H16F3NO4. The highest BCUT2D eigenvalue weighted by Crippen LogP contribution is 2.30. The summed E-state index contributed by atoms with van der Waals surface area (Å²) in [7, 11) is 0. The van der Waals surface area contributed by atoms with Gasteiger partial charge in [-0.15, -0.1) is 0 Å². The minimum atomic E-state index is -4.67. The fourth-order valence-corrected chi connectivity index (χ4v) is 1.36. The number of aromatic nitrogens is 1. The summed E-state index contributed by atoms with van der Waals surface area (Å²) in [5.41, 5.74) is -2.07. The Morgan fingerprint density at radius 1 is 1.24 bits per heavy atom. The van der Waals surface area contributed by atoms with Crippen molar-refractivity contribution in [2.75, 3.05) is 13.2 Å². The highest BCUT2D eigenvalue weighted by atomic mass is 19.4. The number of carboxylic acid groups (broad SMARTS) is 1. The van der Waals surface area contributed by atoms with Crippen LogP contribution in [-0.2, 0) is 10.9 Å². The number of carbonyl (C=O) groups is 1. The van der Waals surface area contributed by atoms with Crippen molar-refractivity contribution in [3.05, 3.63) is 23.4 Å². The highest BCUT2D eigenvalue weighted by Gasteiger charge is 2.34. The van der Waals surface area contributed by atoms with Crippen molar-refractivity contribution < 1.29 is 32.5 Å². The molecule has 21 heavy (non-hydrogen) atoms. The normalized spacial score (nSPS) is 12.3. The second-order valence-electron chi connectivity index (χ2n) is 5.16. The van der Waals surface area contributed by atoms with Gasteiger partial charge >= 0.3 is 12.1 Å². The topological polar surface area (TPSA) is 68.7 Å². The molecule has 8 heteroatoms. The van der Waals surface area contributed by atoms with Gasteiger partial charge in [-0.2, -0.15) is 13.2 Å². The van der Waals surface area contributed by atoms with Gasteiger partial charge < -0.3 is 14.6 Å². The van der Waals surface area contributed by atoms with E-state index >= 15 is 0 Å². The number of aromatic carboxylic acids is 1. The van der Waals surface area contributed by atoms with Crippen LogP contribution in [0.3, 0.4) is 0 Å². The van der Waals surface area contributed by atoms with Crippen molar-refractivity contribution in [3.63, 3.8) is 0 Å². The van der Waals surface area contributed by atoms with Gasteiger partial charge in [0.25, 0.3) is 0 Å². The van der Waals surface area contributed by atoms with E-state index in [1.807, 2.05) is 0 Å². The van der Waals surface area contributed by atoms with Gasteiger partial charge in [-0.25, -0.2) is 9.78 Å². The van der Waals surface area contributed by atoms with E-state index in [0.717, 1.165) is 6.07 Å². The van der Waals surface area contributed by atoms with Crippen molar-refractivity contribution in [2.24, 2.45) is 0 Å². The number of carboxylic acids is 1. The highest BCUT2D eigenvalue weighted by molar-refractivity contribution is 5.90. The predicted octanol–water partition coefficient (Wildman–Crippen LogP) is 2.99. The zero-order valence-electron chi connectivity index (χ0n) is 11.8. The van der Waals surface area contributed by atoms with Crippen LogP contribution in [0.25, 0.3) is 0 Å². The van der Waals surface area contributed by atoms with Gasteiger partial charge in [0.15, 0.2) is 0 Å². The Hall–Kier alpha value is -1.83. The predicted molar refractivity (Wildman–Crippen MR) is 67.4 cm³/mol. The standard InChI is InChI=1S/C13H16F3NO4/c1-12(2,3)21-7-6-20-10-8(11(18)19)4-5-9(17-10)13(14,15)16/h4-5H,6-7H2,1-3H3,(H,18,19). The maximum Gasteiger partial charge on any atom is 0.433 e. The maximum atomic E-state index is 12.6. The van der Waals surface area contributed by atoms with Gasteiger partial charge in [-0.05, 0) is 32.9 Å². The molecule has 1 aromatic heterocycles. The summed E-state index contributed by atoms with van der Waals surface area (Å²) in [5.74, 6) is -1.99. The lowest BCUT2D eigenvalue weighted by molar-refractivity contribution is -0.141. The van der Waals surface area contributed by atoms with E-state index in [2.05, 4.69) is 4.98 Å². The number of hydrogen-bond donors (Lipinski definition) is 1. The Kier molecular flexibility index (Phi) is 5.16. The Labute approximate surface area is 119 Å². The third-order valence-electron chi connectivity index (χ3n) is 2.24. The fraction of sp³-hybridized carbons (Fsp3) is 0.538. The quantitative estimate of drug-likeness (QED) is 0.847. The first-order valence-corrected chi connectivity index (χ1v) is 6.09. The Morgan fingerprint density at radius 2 is 1.86 bits per heavy atom. The molecule has 118 valence electrons. The van der Waals surface area contributed by atoms with Crippen LogP contribution in [0.2, 0.25) is 0 Å². The van der Waals surface area contributed by atoms with E-state index < -0.39 is 34.9 Å². The van der Waals surface area contributed by atoms with Crippen LogP contribution in [-0.4, -0.2) is 34.9 Å². The minimum absolute atomic E-state index is 0.0977. The van der Waals surface area contributed by atoms with E-state index in [-0.39, 0.29) is 13.2 Å². The number of pyridine rings is 1. The second-order valence-corrected chi connectivity index (χ2v) is 5.16.